The highest BCUT2D eigenvalue weighted by Gasteiger charge is 2.10. The van der Waals surface area contributed by atoms with E-state index in [2.05, 4.69) is 5.32 Å². The third-order valence-electron chi connectivity index (χ3n) is 3.20. The molecule has 0 radical (unpaired) electrons. The molecular weight excluding hydrogens is 241 g/mol. The first-order valence-electron chi connectivity index (χ1n) is 6.27. The summed E-state index contributed by atoms with van der Waals surface area (Å²) >= 11 is 0. The first kappa shape index (κ1) is 13.4. The molecule has 0 amide bonds. The fourth-order valence-electron chi connectivity index (χ4n) is 2.01. The molecule has 19 heavy (non-hydrogen) atoms. The molecule has 1 atom stereocenters. The molecule has 0 aliphatic rings. The van der Waals surface area contributed by atoms with E-state index < -0.39 is 0 Å². The fraction of sp³-hybridized carbons (Fsp3) is 0.250. The van der Waals surface area contributed by atoms with Crippen LogP contribution in [-0.4, -0.2) is 7.11 Å². The highest BCUT2D eigenvalue weighted by atomic mass is 19.1. The van der Waals surface area contributed by atoms with Gasteiger partial charge in [0, 0.05) is 6.04 Å². The molecule has 0 fully saturated rings. The van der Waals surface area contributed by atoms with Gasteiger partial charge < -0.3 is 10.1 Å². The molecule has 0 aliphatic heterocycles. The average molecular weight is 259 g/mol. The lowest BCUT2D eigenvalue weighted by molar-refractivity contribution is 0.414. The van der Waals surface area contributed by atoms with E-state index in [1.165, 1.54) is 6.07 Å². The molecule has 0 saturated carbocycles. The minimum Gasteiger partial charge on any atom is -0.497 e. The van der Waals surface area contributed by atoms with Crippen LogP contribution in [0.1, 0.15) is 24.1 Å². The Hall–Kier alpha value is -2.03. The predicted molar refractivity (Wildman–Crippen MR) is 76.2 cm³/mol. The van der Waals surface area contributed by atoms with Crippen molar-refractivity contribution in [1.82, 2.24) is 0 Å². The summed E-state index contributed by atoms with van der Waals surface area (Å²) in [5, 5.41) is 3.22. The highest BCUT2D eigenvalue weighted by molar-refractivity contribution is 5.53. The Morgan fingerprint density at radius 3 is 2.37 bits per heavy atom. The molecule has 0 aliphatic carbocycles. The van der Waals surface area contributed by atoms with E-state index >= 15 is 0 Å². The van der Waals surface area contributed by atoms with Gasteiger partial charge in [0.15, 0.2) is 0 Å². The number of methoxy groups -OCH3 is 1. The summed E-state index contributed by atoms with van der Waals surface area (Å²) in [4.78, 5) is 0. The topological polar surface area (TPSA) is 21.3 Å². The number of nitrogens with one attached hydrogen (secondary N) is 1. The van der Waals surface area contributed by atoms with Crippen molar-refractivity contribution in [2.24, 2.45) is 0 Å². The van der Waals surface area contributed by atoms with Gasteiger partial charge in [-0.05, 0) is 43.2 Å². The Bertz CT molecular complexity index is 531. The zero-order chi connectivity index (χ0) is 13.8. The van der Waals surface area contributed by atoms with Gasteiger partial charge in [-0.1, -0.05) is 24.3 Å². The van der Waals surface area contributed by atoms with Gasteiger partial charge >= 0.3 is 0 Å². The van der Waals surface area contributed by atoms with E-state index in [0.717, 1.165) is 16.9 Å². The van der Waals surface area contributed by atoms with Crippen LogP contribution in [0.2, 0.25) is 0 Å². The van der Waals surface area contributed by atoms with Gasteiger partial charge in [-0.3, -0.25) is 0 Å². The fourth-order valence-corrected chi connectivity index (χ4v) is 2.01. The lowest BCUT2D eigenvalue weighted by atomic mass is 10.1. The van der Waals surface area contributed by atoms with E-state index in [1.54, 1.807) is 13.2 Å². The number of aryl methyl sites for hydroxylation is 1. The minimum atomic E-state index is -0.222. The molecule has 1 unspecified atom stereocenters. The van der Waals surface area contributed by atoms with Crippen molar-refractivity contribution in [3.63, 3.8) is 0 Å². The molecule has 1 N–H and O–H groups in total. The maximum atomic E-state index is 13.8. The van der Waals surface area contributed by atoms with Crippen LogP contribution in [0.3, 0.4) is 0 Å². The van der Waals surface area contributed by atoms with Crippen molar-refractivity contribution in [3.8, 4) is 5.75 Å². The van der Waals surface area contributed by atoms with Crippen molar-refractivity contribution >= 4 is 5.69 Å². The minimum absolute atomic E-state index is 0.0292. The second-order valence-electron chi connectivity index (χ2n) is 4.57. The summed E-state index contributed by atoms with van der Waals surface area (Å²) in [7, 11) is 1.64. The van der Waals surface area contributed by atoms with Gasteiger partial charge in [-0.15, -0.1) is 0 Å². The number of rotatable bonds is 4. The van der Waals surface area contributed by atoms with Gasteiger partial charge in [0.05, 0.1) is 12.8 Å². The molecule has 2 rings (SSSR count). The van der Waals surface area contributed by atoms with Crippen molar-refractivity contribution in [3.05, 3.63) is 59.4 Å². The molecule has 0 saturated heterocycles. The molecule has 100 valence electrons. The second-order valence-corrected chi connectivity index (χ2v) is 4.57. The average Bonchev–Trinajstić information content (AvgIpc) is 2.43. The summed E-state index contributed by atoms with van der Waals surface area (Å²) in [6.45, 7) is 3.90. The van der Waals surface area contributed by atoms with Crippen LogP contribution in [0.4, 0.5) is 10.1 Å². The normalized spacial score (nSPS) is 12.0. The lowest BCUT2D eigenvalue weighted by Gasteiger charge is -2.18. The third-order valence-corrected chi connectivity index (χ3v) is 3.20. The molecule has 0 aromatic heterocycles. The SMILES string of the molecule is COc1ccc(C(C)Nc2c(C)cccc2F)cc1. The van der Waals surface area contributed by atoms with E-state index in [0.29, 0.717) is 5.69 Å². The number of para-hydroxylation sites is 1. The zero-order valence-electron chi connectivity index (χ0n) is 11.4. The van der Waals surface area contributed by atoms with Crippen molar-refractivity contribution in [1.29, 1.82) is 0 Å². The Morgan fingerprint density at radius 1 is 1.11 bits per heavy atom. The highest BCUT2D eigenvalue weighted by Crippen LogP contribution is 2.25. The van der Waals surface area contributed by atoms with Gasteiger partial charge in [-0.2, -0.15) is 0 Å². The summed E-state index contributed by atoms with van der Waals surface area (Å²) in [6, 6.07) is 12.9. The van der Waals surface area contributed by atoms with Crippen LogP contribution in [0.15, 0.2) is 42.5 Å². The van der Waals surface area contributed by atoms with Crippen molar-refractivity contribution in [2.75, 3.05) is 12.4 Å². The molecule has 2 aromatic rings. The van der Waals surface area contributed by atoms with Gasteiger partial charge in [0.1, 0.15) is 11.6 Å². The molecule has 0 heterocycles. The van der Waals surface area contributed by atoms with Crippen LogP contribution in [0, 0.1) is 12.7 Å². The number of anilines is 1. The van der Waals surface area contributed by atoms with Crippen molar-refractivity contribution < 1.29 is 9.13 Å². The largest absolute Gasteiger partial charge is 0.497 e. The van der Waals surface area contributed by atoms with Crippen LogP contribution < -0.4 is 10.1 Å². The van der Waals surface area contributed by atoms with E-state index in [9.17, 15) is 4.39 Å². The van der Waals surface area contributed by atoms with E-state index in [4.69, 9.17) is 4.74 Å². The zero-order valence-corrected chi connectivity index (χ0v) is 11.4. The first-order chi connectivity index (χ1) is 9.11. The predicted octanol–water partition coefficient (Wildman–Crippen LogP) is 4.32. The first-order valence-corrected chi connectivity index (χ1v) is 6.27. The van der Waals surface area contributed by atoms with E-state index in [-0.39, 0.29) is 11.9 Å². The Kier molecular flexibility index (Phi) is 4.05. The molecular formula is C16H18FNO. The Morgan fingerprint density at radius 2 is 1.79 bits per heavy atom. The van der Waals surface area contributed by atoms with Crippen LogP contribution >= 0.6 is 0 Å². The molecule has 2 nitrogen and oxygen atoms in total. The molecule has 2 aromatic carbocycles. The summed E-state index contributed by atoms with van der Waals surface area (Å²) in [5.41, 5.74) is 2.55. The number of hydrogen-bond donors (Lipinski definition) is 1. The molecule has 0 spiro atoms. The number of ether oxygens (including phenoxy) is 1. The Balaban J connectivity index is 2.18. The molecule has 3 heteroatoms. The smallest absolute Gasteiger partial charge is 0.146 e. The van der Waals surface area contributed by atoms with Crippen molar-refractivity contribution in [2.45, 2.75) is 19.9 Å². The second kappa shape index (κ2) is 5.74. The van der Waals surface area contributed by atoms with Crippen LogP contribution in [-0.2, 0) is 0 Å². The third kappa shape index (κ3) is 3.05. The number of hydrogen-bond acceptors (Lipinski definition) is 2. The number of halogens is 1. The quantitative estimate of drug-likeness (QED) is 0.883. The van der Waals surface area contributed by atoms with Gasteiger partial charge in [-0.25, -0.2) is 4.39 Å². The summed E-state index contributed by atoms with van der Waals surface area (Å²) < 4.78 is 18.9. The molecule has 0 bridgehead atoms. The Labute approximate surface area is 113 Å². The van der Waals surface area contributed by atoms with Crippen LogP contribution in [0.25, 0.3) is 0 Å². The van der Waals surface area contributed by atoms with Gasteiger partial charge in [0.2, 0.25) is 0 Å². The van der Waals surface area contributed by atoms with Crippen LogP contribution in [0.5, 0.6) is 5.75 Å². The monoisotopic (exact) mass is 259 g/mol. The van der Waals surface area contributed by atoms with Gasteiger partial charge in [0.25, 0.3) is 0 Å². The number of benzene rings is 2. The maximum Gasteiger partial charge on any atom is 0.146 e. The summed E-state index contributed by atoms with van der Waals surface area (Å²) in [5.74, 6) is 0.596. The summed E-state index contributed by atoms with van der Waals surface area (Å²) in [6.07, 6.45) is 0. The van der Waals surface area contributed by atoms with E-state index in [1.807, 2.05) is 44.2 Å². The standard InChI is InChI=1S/C16H18FNO/c1-11-5-4-6-15(17)16(11)18-12(2)13-7-9-14(19-3)10-8-13/h4-10,12,18H,1-3H3. The maximum absolute atomic E-state index is 13.8. The lowest BCUT2D eigenvalue weighted by Crippen LogP contribution is -2.09.